The van der Waals surface area contributed by atoms with Crippen molar-refractivity contribution >= 4 is 5.69 Å². The van der Waals surface area contributed by atoms with Crippen LogP contribution in [0.2, 0.25) is 0 Å². The van der Waals surface area contributed by atoms with Crippen molar-refractivity contribution in [3.8, 4) is 0 Å². The van der Waals surface area contributed by atoms with Crippen molar-refractivity contribution in [2.45, 2.75) is 57.5 Å². The van der Waals surface area contributed by atoms with E-state index in [1.807, 2.05) is 0 Å². The maximum Gasteiger partial charge on any atom is 0.160 e. The maximum absolute atomic E-state index is 13.5. The highest BCUT2D eigenvalue weighted by molar-refractivity contribution is 5.47. The monoisotopic (exact) mass is 308 g/mol. The van der Waals surface area contributed by atoms with Crippen LogP contribution in [0.3, 0.4) is 0 Å². The Labute approximate surface area is 131 Å². The standard InChI is InChI=1S/C18H26F2N2/c1-13-9-15(21-14-5-3-2-4-6-14)12-22(11-13)16-7-8-17(19)18(20)10-16/h7-8,10,13-15,21H,2-6,9,11-12H2,1H3. The van der Waals surface area contributed by atoms with Crippen LogP contribution >= 0.6 is 0 Å². The van der Waals surface area contributed by atoms with Gasteiger partial charge in [-0.1, -0.05) is 26.2 Å². The zero-order valence-corrected chi connectivity index (χ0v) is 13.3. The van der Waals surface area contributed by atoms with Gasteiger partial charge in [-0.3, -0.25) is 0 Å². The average Bonchev–Trinajstić information content (AvgIpc) is 2.50. The van der Waals surface area contributed by atoms with Crippen molar-refractivity contribution in [3.63, 3.8) is 0 Å². The van der Waals surface area contributed by atoms with Crippen LogP contribution in [-0.4, -0.2) is 25.2 Å². The Morgan fingerprint density at radius 3 is 2.50 bits per heavy atom. The Kier molecular flexibility index (Phi) is 4.97. The highest BCUT2D eigenvalue weighted by atomic mass is 19.2. The first-order valence-corrected chi connectivity index (χ1v) is 8.58. The summed E-state index contributed by atoms with van der Waals surface area (Å²) in [5.74, 6) is -0.971. The van der Waals surface area contributed by atoms with Gasteiger partial charge in [0.15, 0.2) is 11.6 Å². The topological polar surface area (TPSA) is 15.3 Å². The second-order valence-corrected chi connectivity index (χ2v) is 7.04. The molecule has 0 bridgehead atoms. The number of hydrogen-bond donors (Lipinski definition) is 1. The molecule has 2 unspecified atom stereocenters. The third-order valence-corrected chi connectivity index (χ3v) is 5.00. The number of nitrogens with zero attached hydrogens (tertiary/aromatic N) is 1. The number of benzene rings is 1. The molecule has 2 fully saturated rings. The van der Waals surface area contributed by atoms with Gasteiger partial charge in [0.2, 0.25) is 0 Å². The predicted molar refractivity (Wildman–Crippen MR) is 86.1 cm³/mol. The number of hydrogen-bond acceptors (Lipinski definition) is 2. The summed E-state index contributed by atoms with van der Waals surface area (Å²) in [6.07, 6.45) is 7.72. The van der Waals surface area contributed by atoms with Gasteiger partial charge in [-0.25, -0.2) is 8.78 Å². The van der Waals surface area contributed by atoms with Crippen molar-refractivity contribution in [3.05, 3.63) is 29.8 Å². The third-order valence-electron chi connectivity index (χ3n) is 5.00. The lowest BCUT2D eigenvalue weighted by molar-refractivity contribution is 0.284. The summed E-state index contributed by atoms with van der Waals surface area (Å²) in [7, 11) is 0. The second kappa shape index (κ2) is 6.95. The molecule has 1 N–H and O–H groups in total. The third kappa shape index (κ3) is 3.78. The fraction of sp³-hybridized carbons (Fsp3) is 0.667. The largest absolute Gasteiger partial charge is 0.370 e. The molecule has 2 nitrogen and oxygen atoms in total. The highest BCUT2D eigenvalue weighted by Crippen LogP contribution is 2.26. The summed E-state index contributed by atoms with van der Waals surface area (Å²) in [6, 6.07) is 5.32. The average molecular weight is 308 g/mol. The molecule has 1 aromatic rings. The zero-order valence-electron chi connectivity index (χ0n) is 13.3. The quantitative estimate of drug-likeness (QED) is 0.904. The zero-order chi connectivity index (χ0) is 15.5. The van der Waals surface area contributed by atoms with Crippen LogP contribution in [0.4, 0.5) is 14.5 Å². The highest BCUT2D eigenvalue weighted by Gasteiger charge is 2.27. The van der Waals surface area contributed by atoms with Gasteiger partial charge in [0.25, 0.3) is 0 Å². The predicted octanol–water partition coefficient (Wildman–Crippen LogP) is 4.10. The van der Waals surface area contributed by atoms with Gasteiger partial charge in [-0.2, -0.15) is 0 Å². The molecule has 0 radical (unpaired) electrons. The van der Waals surface area contributed by atoms with Crippen molar-refractivity contribution in [2.75, 3.05) is 18.0 Å². The molecule has 2 atom stereocenters. The van der Waals surface area contributed by atoms with Gasteiger partial charge in [0, 0.05) is 36.9 Å². The van der Waals surface area contributed by atoms with E-state index in [2.05, 4.69) is 17.1 Å². The fourth-order valence-corrected chi connectivity index (χ4v) is 3.97. The van der Waals surface area contributed by atoms with E-state index in [1.165, 1.54) is 44.2 Å². The van der Waals surface area contributed by atoms with Crippen molar-refractivity contribution < 1.29 is 8.78 Å². The van der Waals surface area contributed by atoms with Crippen LogP contribution in [0.25, 0.3) is 0 Å². The lowest BCUT2D eigenvalue weighted by Crippen LogP contribution is -2.52. The van der Waals surface area contributed by atoms with Crippen molar-refractivity contribution in [1.82, 2.24) is 5.32 Å². The normalized spacial score (nSPS) is 27.1. The van der Waals surface area contributed by atoms with E-state index in [1.54, 1.807) is 6.07 Å². The number of halogens is 2. The van der Waals surface area contributed by atoms with E-state index >= 15 is 0 Å². The molecular weight excluding hydrogens is 282 g/mol. The molecule has 3 rings (SSSR count). The van der Waals surface area contributed by atoms with Crippen LogP contribution < -0.4 is 10.2 Å². The first-order chi connectivity index (χ1) is 10.6. The first-order valence-electron chi connectivity index (χ1n) is 8.58. The number of rotatable bonds is 3. The van der Waals surface area contributed by atoms with Gasteiger partial charge >= 0.3 is 0 Å². The molecule has 1 aliphatic carbocycles. The van der Waals surface area contributed by atoms with Gasteiger partial charge in [0.1, 0.15) is 0 Å². The van der Waals surface area contributed by atoms with Gasteiger partial charge in [-0.15, -0.1) is 0 Å². The molecule has 22 heavy (non-hydrogen) atoms. The van der Waals surface area contributed by atoms with Crippen LogP contribution in [0.1, 0.15) is 45.4 Å². The summed E-state index contributed by atoms with van der Waals surface area (Å²) < 4.78 is 26.6. The van der Waals surface area contributed by atoms with E-state index in [4.69, 9.17) is 0 Å². The molecule has 2 aliphatic rings. The first kappa shape index (κ1) is 15.7. The van der Waals surface area contributed by atoms with Crippen LogP contribution in [0.15, 0.2) is 18.2 Å². The summed E-state index contributed by atoms with van der Waals surface area (Å²) in [6.45, 7) is 4.03. The minimum absolute atomic E-state index is 0.444. The SMILES string of the molecule is CC1CC(NC2CCCCC2)CN(c2ccc(F)c(F)c2)C1. The summed E-state index contributed by atoms with van der Waals surface area (Å²) in [5.41, 5.74) is 0.792. The number of nitrogens with one attached hydrogen (secondary N) is 1. The summed E-state index contributed by atoms with van der Waals surface area (Å²) in [5, 5.41) is 3.80. The molecule has 0 spiro atoms. The molecule has 0 aromatic heterocycles. The van der Waals surface area contributed by atoms with Gasteiger partial charge < -0.3 is 10.2 Å². The van der Waals surface area contributed by atoms with Crippen LogP contribution in [0, 0.1) is 17.6 Å². The lowest BCUT2D eigenvalue weighted by atomic mass is 9.91. The number of piperidine rings is 1. The molecule has 4 heteroatoms. The molecule has 1 saturated carbocycles. The van der Waals surface area contributed by atoms with Crippen molar-refractivity contribution in [1.29, 1.82) is 0 Å². The summed E-state index contributed by atoms with van der Waals surface area (Å²) in [4.78, 5) is 2.19. The molecule has 1 aromatic carbocycles. The Hall–Kier alpha value is -1.16. The Balaban J connectivity index is 1.65. The van der Waals surface area contributed by atoms with E-state index in [-0.39, 0.29) is 0 Å². The van der Waals surface area contributed by atoms with Gasteiger partial charge in [0.05, 0.1) is 0 Å². The smallest absolute Gasteiger partial charge is 0.160 e. The maximum atomic E-state index is 13.5. The van der Waals surface area contributed by atoms with Crippen molar-refractivity contribution in [2.24, 2.45) is 5.92 Å². The van der Waals surface area contributed by atoms with E-state index in [0.717, 1.165) is 25.2 Å². The molecule has 122 valence electrons. The van der Waals surface area contributed by atoms with E-state index in [0.29, 0.717) is 18.0 Å². The van der Waals surface area contributed by atoms with Gasteiger partial charge in [-0.05, 0) is 37.3 Å². The minimum Gasteiger partial charge on any atom is -0.370 e. The fourth-order valence-electron chi connectivity index (χ4n) is 3.97. The Morgan fingerprint density at radius 1 is 1.00 bits per heavy atom. The Bertz CT molecular complexity index is 500. The molecule has 0 amide bonds. The van der Waals surface area contributed by atoms with Crippen LogP contribution in [-0.2, 0) is 0 Å². The molecular formula is C18H26F2N2. The minimum atomic E-state index is -0.773. The molecule has 1 aliphatic heterocycles. The second-order valence-electron chi connectivity index (χ2n) is 7.04. The summed E-state index contributed by atoms with van der Waals surface area (Å²) >= 11 is 0. The molecule has 1 heterocycles. The van der Waals surface area contributed by atoms with E-state index < -0.39 is 11.6 Å². The lowest BCUT2D eigenvalue weighted by Gasteiger charge is -2.40. The van der Waals surface area contributed by atoms with E-state index in [9.17, 15) is 8.78 Å². The van der Waals surface area contributed by atoms with Crippen LogP contribution in [0.5, 0.6) is 0 Å². The Morgan fingerprint density at radius 2 is 1.77 bits per heavy atom. The molecule has 1 saturated heterocycles. The number of anilines is 1.